The predicted molar refractivity (Wildman–Crippen MR) is 128 cm³/mol. The first-order valence-electron chi connectivity index (χ1n) is 10.5. The maximum absolute atomic E-state index is 12.7. The Morgan fingerprint density at radius 3 is 2.53 bits per heavy atom. The molecule has 1 aromatic heterocycles. The van der Waals surface area contributed by atoms with E-state index in [1.807, 2.05) is 61.5 Å². The number of anilines is 2. The van der Waals surface area contributed by atoms with E-state index in [1.54, 1.807) is 14.0 Å². The van der Waals surface area contributed by atoms with Crippen molar-refractivity contribution in [3.05, 3.63) is 59.5 Å². The van der Waals surface area contributed by atoms with Gasteiger partial charge in [0.2, 0.25) is 11.8 Å². The van der Waals surface area contributed by atoms with Gasteiger partial charge in [0.1, 0.15) is 11.8 Å². The number of ether oxygens (including phenoxy) is 1. The second kappa shape index (κ2) is 11.3. The first kappa shape index (κ1) is 23.3. The van der Waals surface area contributed by atoms with Gasteiger partial charge in [-0.2, -0.15) is 0 Å². The van der Waals surface area contributed by atoms with Crippen LogP contribution in [0.15, 0.2) is 54.6 Å². The van der Waals surface area contributed by atoms with Gasteiger partial charge in [0.25, 0.3) is 0 Å². The van der Waals surface area contributed by atoms with Crippen LogP contribution in [0.3, 0.4) is 0 Å². The number of aromatic nitrogens is 1. The van der Waals surface area contributed by atoms with E-state index in [1.165, 1.54) is 11.3 Å². The Hall–Kier alpha value is -3.39. The third-order valence-corrected chi connectivity index (χ3v) is 5.71. The van der Waals surface area contributed by atoms with Gasteiger partial charge >= 0.3 is 0 Å². The lowest BCUT2D eigenvalue weighted by atomic mass is 10.1. The minimum absolute atomic E-state index is 0.126. The lowest BCUT2D eigenvalue weighted by Crippen LogP contribution is -2.45. The van der Waals surface area contributed by atoms with E-state index >= 15 is 0 Å². The fourth-order valence-electron chi connectivity index (χ4n) is 3.11. The molecule has 3 N–H and O–H groups in total. The Balaban J connectivity index is 1.81. The van der Waals surface area contributed by atoms with Crippen LogP contribution in [0, 0.1) is 0 Å². The first-order valence-corrected chi connectivity index (χ1v) is 11.4. The predicted octanol–water partition coefficient (Wildman–Crippen LogP) is 4.14. The van der Waals surface area contributed by atoms with Crippen LogP contribution >= 0.6 is 11.3 Å². The standard InChI is InChI=1S/C24H28N4O3S/c1-4-14-25-23(30)16(2)26-21(29)15-20-22(17-10-6-5-7-11-17)28-24(32-20)27-18-12-8-9-13-19(18)31-3/h5-13,16H,4,14-15H2,1-3H3,(H,25,30)(H,26,29)(H,27,28). The summed E-state index contributed by atoms with van der Waals surface area (Å²) in [5, 5.41) is 9.53. The Labute approximate surface area is 192 Å². The smallest absolute Gasteiger partial charge is 0.242 e. The number of nitrogens with zero attached hydrogens (tertiary/aromatic N) is 1. The number of thiazole rings is 1. The molecule has 1 heterocycles. The Kier molecular flexibility index (Phi) is 8.21. The number of benzene rings is 2. The van der Waals surface area contributed by atoms with E-state index < -0.39 is 6.04 Å². The minimum atomic E-state index is -0.603. The number of para-hydroxylation sites is 2. The third kappa shape index (κ3) is 6.07. The fraction of sp³-hybridized carbons (Fsp3) is 0.292. The van der Waals surface area contributed by atoms with E-state index in [-0.39, 0.29) is 18.2 Å². The highest BCUT2D eigenvalue weighted by Gasteiger charge is 2.20. The molecule has 0 fully saturated rings. The van der Waals surface area contributed by atoms with Crippen molar-refractivity contribution in [2.75, 3.05) is 19.0 Å². The van der Waals surface area contributed by atoms with Gasteiger partial charge in [0, 0.05) is 17.0 Å². The molecule has 3 rings (SSSR count). The monoisotopic (exact) mass is 452 g/mol. The number of hydrogen-bond acceptors (Lipinski definition) is 6. The Bertz CT molecular complexity index is 1050. The average molecular weight is 453 g/mol. The highest BCUT2D eigenvalue weighted by molar-refractivity contribution is 7.16. The van der Waals surface area contributed by atoms with Crippen LogP contribution in [-0.2, 0) is 16.0 Å². The number of rotatable bonds is 10. The molecule has 0 spiro atoms. The van der Waals surface area contributed by atoms with Crippen molar-refractivity contribution >= 4 is 34.0 Å². The van der Waals surface area contributed by atoms with Crippen LogP contribution in [0.1, 0.15) is 25.1 Å². The van der Waals surface area contributed by atoms with E-state index in [0.717, 1.165) is 28.2 Å². The molecular weight excluding hydrogens is 424 g/mol. The number of amides is 2. The highest BCUT2D eigenvalue weighted by atomic mass is 32.1. The van der Waals surface area contributed by atoms with Crippen molar-refractivity contribution in [1.29, 1.82) is 0 Å². The number of hydrogen-bond donors (Lipinski definition) is 3. The van der Waals surface area contributed by atoms with Gasteiger partial charge in [-0.25, -0.2) is 4.98 Å². The number of nitrogens with one attached hydrogen (secondary N) is 3. The molecule has 0 aliphatic rings. The molecule has 0 radical (unpaired) electrons. The van der Waals surface area contributed by atoms with Gasteiger partial charge in [-0.05, 0) is 25.5 Å². The van der Waals surface area contributed by atoms with Gasteiger partial charge in [0.05, 0.1) is 24.9 Å². The fourth-order valence-corrected chi connectivity index (χ4v) is 4.11. The van der Waals surface area contributed by atoms with Crippen molar-refractivity contribution in [3.8, 4) is 17.0 Å². The summed E-state index contributed by atoms with van der Waals surface area (Å²) in [6, 6.07) is 16.7. The van der Waals surface area contributed by atoms with Crippen LogP contribution in [0.25, 0.3) is 11.3 Å². The van der Waals surface area contributed by atoms with E-state index in [4.69, 9.17) is 9.72 Å². The summed E-state index contributed by atoms with van der Waals surface area (Å²) in [4.78, 5) is 30.4. The molecule has 2 aromatic carbocycles. The highest BCUT2D eigenvalue weighted by Crippen LogP contribution is 2.35. The van der Waals surface area contributed by atoms with E-state index in [2.05, 4.69) is 16.0 Å². The molecule has 0 saturated heterocycles. The van der Waals surface area contributed by atoms with Crippen LogP contribution < -0.4 is 20.7 Å². The van der Waals surface area contributed by atoms with Crippen LogP contribution in [0.4, 0.5) is 10.8 Å². The second-order valence-electron chi connectivity index (χ2n) is 7.24. The number of carbonyl (C=O) groups is 2. The van der Waals surface area contributed by atoms with Crippen LogP contribution in [0.5, 0.6) is 5.75 Å². The quantitative estimate of drug-likeness (QED) is 0.430. The van der Waals surface area contributed by atoms with Crippen molar-refractivity contribution in [1.82, 2.24) is 15.6 Å². The lowest BCUT2D eigenvalue weighted by molar-refractivity contribution is -0.128. The molecule has 32 heavy (non-hydrogen) atoms. The Morgan fingerprint density at radius 2 is 1.81 bits per heavy atom. The van der Waals surface area contributed by atoms with Crippen molar-refractivity contribution in [2.45, 2.75) is 32.7 Å². The lowest BCUT2D eigenvalue weighted by Gasteiger charge is -2.13. The van der Waals surface area contributed by atoms with Gasteiger partial charge in [-0.1, -0.05) is 49.4 Å². The maximum atomic E-state index is 12.7. The molecule has 1 unspecified atom stereocenters. The average Bonchev–Trinajstić information content (AvgIpc) is 3.20. The molecule has 2 amide bonds. The zero-order chi connectivity index (χ0) is 22.9. The molecule has 0 saturated carbocycles. The molecule has 1 atom stereocenters. The molecule has 8 heteroatoms. The van der Waals surface area contributed by atoms with Crippen LogP contribution in [-0.4, -0.2) is 36.5 Å². The Morgan fingerprint density at radius 1 is 1.09 bits per heavy atom. The molecule has 7 nitrogen and oxygen atoms in total. The van der Waals surface area contributed by atoms with Crippen molar-refractivity contribution < 1.29 is 14.3 Å². The van der Waals surface area contributed by atoms with Crippen LogP contribution in [0.2, 0.25) is 0 Å². The SMILES string of the molecule is CCCNC(=O)C(C)NC(=O)Cc1sc(Nc2ccccc2OC)nc1-c1ccccc1. The largest absolute Gasteiger partial charge is 0.495 e. The topological polar surface area (TPSA) is 92.4 Å². The summed E-state index contributed by atoms with van der Waals surface area (Å²) in [5.74, 6) is 0.287. The second-order valence-corrected chi connectivity index (χ2v) is 8.32. The molecular formula is C24H28N4O3S. The molecule has 3 aromatic rings. The zero-order valence-electron chi connectivity index (χ0n) is 18.5. The summed E-state index contributed by atoms with van der Waals surface area (Å²) in [5.41, 5.74) is 2.46. The van der Waals surface area contributed by atoms with Gasteiger partial charge in [-0.3, -0.25) is 9.59 Å². The molecule has 0 aliphatic heterocycles. The normalized spacial score (nSPS) is 11.5. The van der Waals surface area contributed by atoms with Gasteiger partial charge < -0.3 is 20.7 Å². The molecule has 0 bridgehead atoms. The number of methoxy groups -OCH3 is 1. The number of carbonyl (C=O) groups excluding carboxylic acids is 2. The summed E-state index contributed by atoms with van der Waals surface area (Å²) >= 11 is 1.41. The van der Waals surface area contributed by atoms with Gasteiger partial charge in [-0.15, -0.1) is 11.3 Å². The summed E-state index contributed by atoms with van der Waals surface area (Å²) < 4.78 is 5.41. The van der Waals surface area contributed by atoms with Crippen molar-refractivity contribution in [2.24, 2.45) is 0 Å². The van der Waals surface area contributed by atoms with E-state index in [0.29, 0.717) is 17.4 Å². The zero-order valence-corrected chi connectivity index (χ0v) is 19.3. The maximum Gasteiger partial charge on any atom is 0.242 e. The first-order chi connectivity index (χ1) is 15.5. The summed E-state index contributed by atoms with van der Waals surface area (Å²) in [7, 11) is 1.62. The van der Waals surface area contributed by atoms with Gasteiger partial charge in [0.15, 0.2) is 5.13 Å². The van der Waals surface area contributed by atoms with Crippen molar-refractivity contribution in [3.63, 3.8) is 0 Å². The molecule has 168 valence electrons. The minimum Gasteiger partial charge on any atom is -0.495 e. The summed E-state index contributed by atoms with van der Waals surface area (Å²) in [6.07, 6.45) is 0.969. The summed E-state index contributed by atoms with van der Waals surface area (Å²) in [6.45, 7) is 4.25. The molecule has 0 aliphatic carbocycles. The van der Waals surface area contributed by atoms with E-state index in [9.17, 15) is 9.59 Å². The third-order valence-electron chi connectivity index (χ3n) is 4.73.